The molecule has 7 nitrogen and oxygen atoms in total. The lowest BCUT2D eigenvalue weighted by Crippen LogP contribution is -2.26. The van der Waals surface area contributed by atoms with Crippen LogP contribution >= 0.6 is 11.3 Å². The van der Waals surface area contributed by atoms with E-state index in [0.29, 0.717) is 17.1 Å². The van der Waals surface area contributed by atoms with Crippen LogP contribution in [-0.4, -0.2) is 30.8 Å². The molecular weight excluding hydrogens is 408 g/mol. The maximum atomic E-state index is 12.9. The number of amides is 1. The Morgan fingerprint density at radius 2 is 2.00 bits per heavy atom. The van der Waals surface area contributed by atoms with Crippen LogP contribution in [0.1, 0.15) is 23.7 Å². The predicted molar refractivity (Wildman–Crippen MR) is 114 cm³/mol. The minimum atomic E-state index is -3.67. The molecule has 29 heavy (non-hydrogen) atoms. The van der Waals surface area contributed by atoms with Crippen molar-refractivity contribution in [3.8, 4) is 10.4 Å². The number of nitrogens with one attached hydrogen (secondary N) is 2. The molecule has 0 bridgehead atoms. The second-order valence-electron chi connectivity index (χ2n) is 6.60. The van der Waals surface area contributed by atoms with Gasteiger partial charge in [-0.1, -0.05) is 29.5 Å². The lowest BCUT2D eigenvalue weighted by Gasteiger charge is -2.11. The van der Waals surface area contributed by atoms with Gasteiger partial charge in [0, 0.05) is 25.9 Å². The SMILES string of the molecule is CC(=O)Nc1nc(C)c(-c2ccc(C)c(S(=O)(=O)NCCc3cccnc3)c2)s1. The van der Waals surface area contributed by atoms with Gasteiger partial charge in [0.25, 0.3) is 0 Å². The van der Waals surface area contributed by atoms with Crippen molar-refractivity contribution in [2.75, 3.05) is 11.9 Å². The Balaban J connectivity index is 1.83. The van der Waals surface area contributed by atoms with E-state index < -0.39 is 10.0 Å². The van der Waals surface area contributed by atoms with E-state index in [0.717, 1.165) is 21.7 Å². The maximum absolute atomic E-state index is 12.9. The number of rotatable bonds is 7. The fourth-order valence-corrected chi connectivity index (χ4v) is 5.16. The molecule has 0 aliphatic rings. The summed E-state index contributed by atoms with van der Waals surface area (Å²) in [5.74, 6) is -0.199. The highest BCUT2D eigenvalue weighted by Crippen LogP contribution is 2.34. The first-order valence-corrected chi connectivity index (χ1v) is 11.3. The minimum absolute atomic E-state index is 0.199. The Labute approximate surface area is 174 Å². The number of carbonyl (C=O) groups is 1. The zero-order valence-electron chi connectivity index (χ0n) is 16.4. The molecule has 0 spiro atoms. The molecule has 0 radical (unpaired) electrons. The minimum Gasteiger partial charge on any atom is -0.302 e. The van der Waals surface area contributed by atoms with E-state index in [4.69, 9.17) is 0 Å². The Kier molecular flexibility index (Phi) is 6.41. The highest BCUT2D eigenvalue weighted by Gasteiger charge is 2.19. The van der Waals surface area contributed by atoms with Crippen LogP contribution in [0.3, 0.4) is 0 Å². The summed E-state index contributed by atoms with van der Waals surface area (Å²) in [4.78, 5) is 20.7. The summed E-state index contributed by atoms with van der Waals surface area (Å²) in [5.41, 5.74) is 3.10. The van der Waals surface area contributed by atoms with Gasteiger partial charge < -0.3 is 5.32 Å². The van der Waals surface area contributed by atoms with Gasteiger partial charge in [0.15, 0.2) is 5.13 Å². The first-order valence-electron chi connectivity index (χ1n) is 9.01. The van der Waals surface area contributed by atoms with Gasteiger partial charge in [0.1, 0.15) is 0 Å². The molecule has 0 unspecified atom stereocenters. The van der Waals surface area contributed by atoms with E-state index in [1.54, 1.807) is 31.5 Å². The van der Waals surface area contributed by atoms with E-state index in [2.05, 4.69) is 20.0 Å². The molecule has 2 aromatic heterocycles. The first kappa shape index (κ1) is 21.1. The highest BCUT2D eigenvalue weighted by molar-refractivity contribution is 7.89. The van der Waals surface area contributed by atoms with Crippen LogP contribution in [0.2, 0.25) is 0 Å². The molecule has 0 fully saturated rings. The van der Waals surface area contributed by atoms with Crippen LogP contribution in [0.15, 0.2) is 47.6 Å². The Morgan fingerprint density at radius 3 is 2.69 bits per heavy atom. The standard InChI is InChI=1S/C20H22N4O3S2/c1-13-6-7-17(19-14(2)23-20(28-19)24-15(3)25)11-18(13)29(26,27)22-10-8-16-5-4-9-21-12-16/h4-7,9,11-12,22H,8,10H2,1-3H3,(H,23,24,25). The fourth-order valence-electron chi connectivity index (χ4n) is 2.85. The van der Waals surface area contributed by atoms with Gasteiger partial charge in [-0.2, -0.15) is 0 Å². The van der Waals surface area contributed by atoms with Crippen molar-refractivity contribution in [1.29, 1.82) is 0 Å². The highest BCUT2D eigenvalue weighted by atomic mass is 32.2. The number of sulfonamides is 1. The van der Waals surface area contributed by atoms with Crippen LogP contribution in [0.25, 0.3) is 10.4 Å². The number of aryl methyl sites for hydroxylation is 2. The average molecular weight is 431 g/mol. The van der Waals surface area contributed by atoms with E-state index in [9.17, 15) is 13.2 Å². The van der Waals surface area contributed by atoms with Crippen LogP contribution in [0, 0.1) is 13.8 Å². The summed E-state index contributed by atoms with van der Waals surface area (Å²) >= 11 is 1.32. The average Bonchev–Trinajstić information content (AvgIpc) is 3.02. The van der Waals surface area contributed by atoms with Crippen LogP contribution in [0.4, 0.5) is 5.13 Å². The molecule has 1 aromatic carbocycles. The normalized spacial score (nSPS) is 11.4. The summed E-state index contributed by atoms with van der Waals surface area (Å²) in [6.45, 7) is 5.30. The molecule has 152 valence electrons. The fraction of sp³-hybridized carbons (Fsp3) is 0.250. The molecular formula is C20H22N4O3S2. The van der Waals surface area contributed by atoms with Gasteiger partial charge in [-0.15, -0.1) is 0 Å². The molecule has 2 N–H and O–H groups in total. The van der Waals surface area contributed by atoms with E-state index in [1.807, 2.05) is 25.1 Å². The van der Waals surface area contributed by atoms with Gasteiger partial charge in [-0.3, -0.25) is 9.78 Å². The number of hydrogen-bond acceptors (Lipinski definition) is 6. The molecule has 0 saturated heterocycles. The van der Waals surface area contributed by atoms with Crippen LogP contribution < -0.4 is 10.0 Å². The molecule has 3 rings (SSSR count). The van der Waals surface area contributed by atoms with Gasteiger partial charge in [-0.25, -0.2) is 18.1 Å². The first-order chi connectivity index (χ1) is 13.8. The summed E-state index contributed by atoms with van der Waals surface area (Å²) in [5, 5.41) is 3.16. The van der Waals surface area contributed by atoms with Crippen molar-refractivity contribution in [1.82, 2.24) is 14.7 Å². The molecule has 2 heterocycles. The van der Waals surface area contributed by atoms with Crippen molar-refractivity contribution in [2.24, 2.45) is 0 Å². The van der Waals surface area contributed by atoms with Gasteiger partial charge in [0.2, 0.25) is 15.9 Å². The number of aromatic nitrogens is 2. The number of carbonyl (C=O) groups excluding carboxylic acids is 1. The van der Waals surface area contributed by atoms with Gasteiger partial charge in [-0.05, 0) is 49.1 Å². The van der Waals surface area contributed by atoms with Crippen molar-refractivity contribution >= 4 is 32.4 Å². The molecule has 9 heteroatoms. The third kappa shape index (κ3) is 5.26. The maximum Gasteiger partial charge on any atom is 0.240 e. The number of benzene rings is 1. The van der Waals surface area contributed by atoms with Gasteiger partial charge >= 0.3 is 0 Å². The van der Waals surface area contributed by atoms with Gasteiger partial charge in [0.05, 0.1) is 15.5 Å². The summed E-state index contributed by atoms with van der Waals surface area (Å²) < 4.78 is 28.4. The van der Waals surface area contributed by atoms with Crippen molar-refractivity contribution in [3.63, 3.8) is 0 Å². The number of nitrogens with zero attached hydrogens (tertiary/aromatic N) is 2. The quantitative estimate of drug-likeness (QED) is 0.599. The van der Waals surface area contributed by atoms with Crippen LogP contribution in [0.5, 0.6) is 0 Å². The van der Waals surface area contributed by atoms with E-state index >= 15 is 0 Å². The molecule has 0 atom stereocenters. The summed E-state index contributed by atoms with van der Waals surface area (Å²) in [6, 6.07) is 9.03. The van der Waals surface area contributed by atoms with Crippen molar-refractivity contribution in [2.45, 2.75) is 32.1 Å². The lowest BCUT2D eigenvalue weighted by atomic mass is 10.1. The lowest BCUT2D eigenvalue weighted by molar-refractivity contribution is -0.114. The predicted octanol–water partition coefficient (Wildman–Crippen LogP) is 3.30. The zero-order chi connectivity index (χ0) is 21.0. The third-order valence-electron chi connectivity index (χ3n) is 4.25. The summed E-state index contributed by atoms with van der Waals surface area (Å²) in [6.07, 6.45) is 3.96. The topological polar surface area (TPSA) is 101 Å². The molecule has 0 aliphatic heterocycles. The van der Waals surface area contributed by atoms with E-state index in [1.165, 1.54) is 18.3 Å². The van der Waals surface area contributed by atoms with Crippen molar-refractivity contribution in [3.05, 3.63) is 59.5 Å². The summed E-state index contributed by atoms with van der Waals surface area (Å²) in [7, 11) is -3.67. The molecule has 0 aliphatic carbocycles. The number of anilines is 1. The monoisotopic (exact) mass is 430 g/mol. The number of pyridine rings is 1. The second kappa shape index (κ2) is 8.81. The second-order valence-corrected chi connectivity index (χ2v) is 9.34. The Hall–Kier alpha value is -2.62. The largest absolute Gasteiger partial charge is 0.302 e. The van der Waals surface area contributed by atoms with Crippen LogP contribution in [-0.2, 0) is 21.2 Å². The Morgan fingerprint density at radius 1 is 1.21 bits per heavy atom. The number of thiazole rings is 1. The Bertz CT molecular complexity index is 1130. The van der Waals surface area contributed by atoms with E-state index in [-0.39, 0.29) is 17.3 Å². The van der Waals surface area contributed by atoms with Crippen molar-refractivity contribution < 1.29 is 13.2 Å². The number of hydrogen-bond donors (Lipinski definition) is 2. The molecule has 0 saturated carbocycles. The smallest absolute Gasteiger partial charge is 0.240 e. The third-order valence-corrected chi connectivity index (χ3v) is 6.97. The molecule has 1 amide bonds. The zero-order valence-corrected chi connectivity index (χ0v) is 18.0. The molecule has 3 aromatic rings.